The van der Waals surface area contributed by atoms with Gasteiger partial charge in [0.2, 0.25) is 0 Å². The second-order valence-corrected chi connectivity index (χ2v) is 8.56. The van der Waals surface area contributed by atoms with Crippen LogP contribution in [0, 0.1) is 15.9 Å². The fourth-order valence-corrected chi connectivity index (χ4v) is 3.58. The molecule has 2 aromatic carbocycles. The summed E-state index contributed by atoms with van der Waals surface area (Å²) >= 11 is 0. The topological polar surface area (TPSA) is 77.3 Å². The van der Waals surface area contributed by atoms with Crippen LogP contribution in [0.5, 0.6) is 0 Å². The summed E-state index contributed by atoms with van der Waals surface area (Å²) in [5.41, 5.74) is 0.297. The molecular weight excluding hydrogens is 333 g/mol. The second kappa shape index (κ2) is 6.32. The second-order valence-electron chi connectivity index (χ2n) is 6.57. The molecule has 5 nitrogen and oxygen atoms in total. The molecule has 0 heterocycles. The van der Waals surface area contributed by atoms with E-state index in [4.69, 9.17) is 0 Å². The van der Waals surface area contributed by atoms with E-state index in [0.29, 0.717) is 0 Å². The number of rotatable bonds is 4. The smallest absolute Gasteiger partial charge is 0.258 e. The maximum Gasteiger partial charge on any atom is 0.269 e. The van der Waals surface area contributed by atoms with Crippen LogP contribution >= 0.6 is 0 Å². The summed E-state index contributed by atoms with van der Waals surface area (Å²) in [4.78, 5) is 10.1. The van der Waals surface area contributed by atoms with Crippen molar-refractivity contribution in [2.24, 2.45) is 0 Å². The Morgan fingerprint density at radius 3 is 2.17 bits per heavy atom. The predicted octanol–water partition coefficient (Wildman–Crippen LogP) is 4.01. The van der Waals surface area contributed by atoms with Crippen molar-refractivity contribution in [2.45, 2.75) is 36.8 Å². The minimum atomic E-state index is -3.80. The molecule has 0 N–H and O–H groups in total. The number of non-ortho nitro benzene ring substituents is 1. The molecule has 0 fully saturated rings. The summed E-state index contributed by atoms with van der Waals surface area (Å²) in [6, 6.07) is 9.26. The van der Waals surface area contributed by atoms with Crippen molar-refractivity contribution in [1.82, 2.24) is 0 Å². The van der Waals surface area contributed by atoms with E-state index in [1.54, 1.807) is 12.1 Å². The molecule has 2 rings (SSSR count). The predicted molar refractivity (Wildman–Crippen MR) is 89.1 cm³/mol. The maximum absolute atomic E-state index is 13.8. The highest BCUT2D eigenvalue weighted by Gasteiger charge is 2.21. The minimum absolute atomic E-state index is 0.0569. The Morgan fingerprint density at radius 2 is 1.67 bits per heavy atom. The standard InChI is InChI=1S/C17H18FNO4S/c1-17(2,3)13-4-7-15(8-5-13)24(22,23)11-12-10-14(19(20)21)6-9-16(12)18/h4-10H,11H2,1-3H3. The molecule has 128 valence electrons. The Labute approximate surface area is 140 Å². The van der Waals surface area contributed by atoms with Gasteiger partial charge in [0.1, 0.15) is 5.82 Å². The minimum Gasteiger partial charge on any atom is -0.258 e. The van der Waals surface area contributed by atoms with Gasteiger partial charge in [-0.1, -0.05) is 32.9 Å². The lowest BCUT2D eigenvalue weighted by molar-refractivity contribution is -0.385. The van der Waals surface area contributed by atoms with Gasteiger partial charge in [-0.2, -0.15) is 0 Å². The Morgan fingerprint density at radius 1 is 1.08 bits per heavy atom. The van der Waals surface area contributed by atoms with Gasteiger partial charge >= 0.3 is 0 Å². The number of nitro groups is 1. The van der Waals surface area contributed by atoms with Crippen LogP contribution in [0.3, 0.4) is 0 Å². The highest BCUT2D eigenvalue weighted by atomic mass is 32.2. The lowest BCUT2D eigenvalue weighted by atomic mass is 9.87. The number of hydrogen-bond acceptors (Lipinski definition) is 4. The SMILES string of the molecule is CC(C)(C)c1ccc(S(=O)(=O)Cc2cc([N+](=O)[O-])ccc2F)cc1. The first-order valence-electron chi connectivity index (χ1n) is 7.27. The third kappa shape index (κ3) is 3.97. The van der Waals surface area contributed by atoms with Crippen molar-refractivity contribution in [3.8, 4) is 0 Å². The van der Waals surface area contributed by atoms with Crippen molar-refractivity contribution in [3.63, 3.8) is 0 Å². The molecule has 0 atom stereocenters. The number of halogens is 1. The number of benzene rings is 2. The van der Waals surface area contributed by atoms with Crippen LogP contribution in [0.1, 0.15) is 31.9 Å². The van der Waals surface area contributed by atoms with Gasteiger partial charge in [0.15, 0.2) is 9.84 Å². The van der Waals surface area contributed by atoms with E-state index in [2.05, 4.69) is 0 Å². The van der Waals surface area contributed by atoms with Gasteiger partial charge in [-0.25, -0.2) is 12.8 Å². The highest BCUT2D eigenvalue weighted by molar-refractivity contribution is 7.90. The normalized spacial score (nSPS) is 12.2. The van der Waals surface area contributed by atoms with Crippen LogP contribution in [-0.4, -0.2) is 13.3 Å². The Hall–Kier alpha value is -2.28. The zero-order chi connectivity index (χ0) is 18.1. The average molecular weight is 351 g/mol. The van der Waals surface area contributed by atoms with Crippen LogP contribution in [0.2, 0.25) is 0 Å². The Bertz CT molecular complexity index is 868. The molecule has 0 aliphatic carbocycles. The van der Waals surface area contributed by atoms with E-state index in [1.807, 2.05) is 20.8 Å². The number of hydrogen-bond donors (Lipinski definition) is 0. The van der Waals surface area contributed by atoms with E-state index >= 15 is 0 Å². The summed E-state index contributed by atoms with van der Waals surface area (Å²) in [7, 11) is -3.80. The van der Waals surface area contributed by atoms with Crippen LogP contribution in [0.4, 0.5) is 10.1 Å². The lowest BCUT2D eigenvalue weighted by Gasteiger charge is -2.19. The van der Waals surface area contributed by atoms with Gasteiger partial charge < -0.3 is 0 Å². The van der Waals surface area contributed by atoms with E-state index in [9.17, 15) is 22.9 Å². The first kappa shape index (κ1) is 18.1. The third-order valence-corrected chi connectivity index (χ3v) is 5.35. The zero-order valence-corrected chi connectivity index (χ0v) is 14.4. The summed E-state index contributed by atoms with van der Waals surface area (Å²) < 4.78 is 38.7. The zero-order valence-electron chi connectivity index (χ0n) is 13.6. The largest absolute Gasteiger partial charge is 0.269 e. The van der Waals surface area contributed by atoms with Crippen LogP contribution in [-0.2, 0) is 21.0 Å². The average Bonchev–Trinajstić information content (AvgIpc) is 2.48. The third-order valence-electron chi connectivity index (χ3n) is 3.67. The van der Waals surface area contributed by atoms with Gasteiger partial charge in [-0.05, 0) is 29.2 Å². The summed E-state index contributed by atoms with van der Waals surface area (Å²) in [5, 5.41) is 10.8. The molecule has 0 spiro atoms. The highest BCUT2D eigenvalue weighted by Crippen LogP contribution is 2.26. The molecule has 0 unspecified atom stereocenters. The van der Waals surface area contributed by atoms with Crippen LogP contribution in [0.15, 0.2) is 47.4 Å². The molecule has 0 saturated carbocycles. The fourth-order valence-electron chi connectivity index (χ4n) is 2.24. The Kier molecular flexibility index (Phi) is 4.75. The van der Waals surface area contributed by atoms with Crippen molar-refractivity contribution >= 4 is 15.5 Å². The number of sulfone groups is 1. The molecule has 0 saturated heterocycles. The Balaban J connectivity index is 2.35. The van der Waals surface area contributed by atoms with Gasteiger partial charge in [0, 0.05) is 17.7 Å². The van der Waals surface area contributed by atoms with Gasteiger partial charge in [0.05, 0.1) is 15.6 Å². The van der Waals surface area contributed by atoms with E-state index < -0.39 is 26.3 Å². The number of nitro benzene ring substituents is 1. The quantitative estimate of drug-likeness (QED) is 0.616. The molecule has 0 amide bonds. The first-order valence-corrected chi connectivity index (χ1v) is 8.92. The number of nitrogens with zero attached hydrogens (tertiary/aromatic N) is 1. The fraction of sp³-hybridized carbons (Fsp3) is 0.294. The molecule has 0 aliphatic heterocycles. The van der Waals surface area contributed by atoms with E-state index in [-0.39, 0.29) is 21.6 Å². The molecule has 2 aromatic rings. The van der Waals surface area contributed by atoms with E-state index in [0.717, 1.165) is 23.8 Å². The van der Waals surface area contributed by atoms with Crippen molar-refractivity contribution < 1.29 is 17.7 Å². The van der Waals surface area contributed by atoms with E-state index in [1.165, 1.54) is 12.1 Å². The molecule has 0 bridgehead atoms. The molecule has 0 aromatic heterocycles. The molecule has 0 aliphatic rings. The molecule has 7 heteroatoms. The molecular formula is C17H18FNO4S. The first-order chi connectivity index (χ1) is 11.0. The van der Waals surface area contributed by atoms with Gasteiger partial charge in [0.25, 0.3) is 5.69 Å². The van der Waals surface area contributed by atoms with Crippen molar-refractivity contribution in [1.29, 1.82) is 0 Å². The van der Waals surface area contributed by atoms with Crippen LogP contribution < -0.4 is 0 Å². The van der Waals surface area contributed by atoms with Gasteiger partial charge in [-0.15, -0.1) is 0 Å². The van der Waals surface area contributed by atoms with Crippen LogP contribution in [0.25, 0.3) is 0 Å². The lowest BCUT2D eigenvalue weighted by Crippen LogP contribution is -2.12. The monoisotopic (exact) mass is 351 g/mol. The molecule has 0 radical (unpaired) electrons. The summed E-state index contributed by atoms with van der Waals surface area (Å²) in [6.45, 7) is 6.03. The summed E-state index contributed by atoms with van der Waals surface area (Å²) in [5.74, 6) is -1.41. The maximum atomic E-state index is 13.8. The van der Waals surface area contributed by atoms with Crippen molar-refractivity contribution in [2.75, 3.05) is 0 Å². The van der Waals surface area contributed by atoms with Crippen molar-refractivity contribution in [3.05, 3.63) is 69.5 Å². The summed E-state index contributed by atoms with van der Waals surface area (Å²) in [6.07, 6.45) is 0. The van der Waals surface area contributed by atoms with Gasteiger partial charge in [-0.3, -0.25) is 10.1 Å². The molecule has 24 heavy (non-hydrogen) atoms.